The van der Waals surface area contributed by atoms with Crippen LogP contribution in [0, 0.1) is 0 Å². The van der Waals surface area contributed by atoms with E-state index in [1.54, 1.807) is 4.90 Å². The lowest BCUT2D eigenvalue weighted by molar-refractivity contribution is -0.191. The van der Waals surface area contributed by atoms with E-state index in [0.29, 0.717) is 12.6 Å². The molecule has 188 valence electrons. The number of fused-ring (bicyclic) bond motifs is 1. The van der Waals surface area contributed by atoms with Crippen molar-refractivity contribution in [3.05, 3.63) is 65.9 Å². The molecule has 3 heterocycles. The lowest BCUT2D eigenvalue weighted by Gasteiger charge is -2.37. The highest BCUT2D eigenvalue weighted by molar-refractivity contribution is 5.90. The third-order valence-electron chi connectivity index (χ3n) is 7.74. The fourth-order valence-electron chi connectivity index (χ4n) is 5.62. The molecule has 2 saturated heterocycles. The Morgan fingerprint density at radius 2 is 1.75 bits per heavy atom. The summed E-state index contributed by atoms with van der Waals surface area (Å²) >= 11 is 0. The molecule has 0 bridgehead atoms. The maximum atomic E-state index is 12.6. The van der Waals surface area contributed by atoms with Crippen molar-refractivity contribution in [3.8, 4) is 0 Å². The molecule has 36 heavy (non-hydrogen) atoms. The molecule has 2 aliphatic heterocycles. The Kier molecular flexibility index (Phi) is 6.69. The zero-order valence-electron chi connectivity index (χ0n) is 21.0. The van der Waals surface area contributed by atoms with Crippen LogP contribution in [-0.4, -0.2) is 46.9 Å². The topological polar surface area (TPSA) is 71.8 Å². The number of hydrogen-bond acceptors (Lipinski definition) is 5. The van der Waals surface area contributed by atoms with Gasteiger partial charge >= 0.3 is 12.2 Å². The average Bonchev–Trinajstić information content (AvgIpc) is 3.60. The van der Waals surface area contributed by atoms with Crippen LogP contribution in [0.5, 0.6) is 0 Å². The zero-order valence-corrected chi connectivity index (χ0v) is 21.0. The molecule has 7 heteroatoms. The van der Waals surface area contributed by atoms with Gasteiger partial charge in [-0.2, -0.15) is 9.59 Å². The first-order valence-corrected chi connectivity index (χ1v) is 12.8. The number of ether oxygens (including phenoxy) is 1. The van der Waals surface area contributed by atoms with Gasteiger partial charge < -0.3 is 9.30 Å². The number of piperidine rings is 1. The standard InChI is InChI=1S/C28H33N3O2.CO2/c1-20(2)30-18-23(25-16-22(21-8-9-21)10-11-26(25)30)17-29-14-12-28(13-15-29)19-31(27(32)33-28)24-6-4-3-5-7-24;2-1-3/h3-7,10-11,16,18,20-21H,8-9,12-15,17,19H2,1-2H3;. The number of hydrogen-bond donors (Lipinski definition) is 0. The second-order valence-electron chi connectivity index (χ2n) is 10.5. The van der Waals surface area contributed by atoms with Crippen molar-refractivity contribution in [2.45, 2.75) is 63.6 Å². The second-order valence-corrected chi connectivity index (χ2v) is 10.5. The van der Waals surface area contributed by atoms with Crippen LogP contribution in [0.25, 0.3) is 10.9 Å². The Bertz CT molecular complexity index is 1260. The monoisotopic (exact) mass is 487 g/mol. The fourth-order valence-corrected chi connectivity index (χ4v) is 5.62. The van der Waals surface area contributed by atoms with Crippen LogP contribution >= 0.6 is 0 Å². The number of amides is 1. The molecule has 2 aromatic carbocycles. The molecule has 1 saturated carbocycles. The molecule has 1 aliphatic carbocycles. The van der Waals surface area contributed by atoms with Crippen molar-refractivity contribution in [1.29, 1.82) is 0 Å². The highest BCUT2D eigenvalue weighted by atomic mass is 16.6. The minimum absolute atomic E-state index is 0.206. The average molecular weight is 488 g/mol. The maximum Gasteiger partial charge on any atom is 0.415 e. The van der Waals surface area contributed by atoms with Gasteiger partial charge in [0.25, 0.3) is 0 Å². The molecule has 3 aliphatic rings. The fraction of sp³-hybridized carbons (Fsp3) is 0.448. The van der Waals surface area contributed by atoms with Crippen molar-refractivity contribution >= 4 is 28.8 Å². The number of benzene rings is 2. The summed E-state index contributed by atoms with van der Waals surface area (Å²) in [6.45, 7) is 8.03. The van der Waals surface area contributed by atoms with Crippen molar-refractivity contribution in [2.75, 3.05) is 24.5 Å². The van der Waals surface area contributed by atoms with E-state index in [2.05, 4.69) is 47.7 Å². The van der Waals surface area contributed by atoms with E-state index in [9.17, 15) is 4.79 Å². The Morgan fingerprint density at radius 3 is 2.39 bits per heavy atom. The van der Waals surface area contributed by atoms with Crippen LogP contribution in [-0.2, 0) is 20.9 Å². The minimum atomic E-state index is -0.353. The second kappa shape index (κ2) is 9.92. The van der Waals surface area contributed by atoms with Gasteiger partial charge in [0.15, 0.2) is 0 Å². The molecule has 1 aromatic heterocycles. The van der Waals surface area contributed by atoms with E-state index in [-0.39, 0.29) is 17.8 Å². The van der Waals surface area contributed by atoms with Gasteiger partial charge in [-0.3, -0.25) is 9.80 Å². The van der Waals surface area contributed by atoms with Crippen LogP contribution in [0.1, 0.15) is 62.6 Å². The van der Waals surface area contributed by atoms with Crippen LogP contribution in [0.4, 0.5) is 10.5 Å². The van der Waals surface area contributed by atoms with Crippen molar-refractivity contribution < 1.29 is 19.1 Å². The highest BCUT2D eigenvalue weighted by Gasteiger charge is 2.47. The van der Waals surface area contributed by atoms with Crippen LogP contribution in [0.2, 0.25) is 0 Å². The third-order valence-corrected chi connectivity index (χ3v) is 7.74. The van der Waals surface area contributed by atoms with Crippen LogP contribution < -0.4 is 4.90 Å². The number of anilines is 1. The molecular weight excluding hydrogens is 454 g/mol. The number of aromatic nitrogens is 1. The third kappa shape index (κ3) is 4.81. The Hall–Kier alpha value is -3.41. The van der Waals surface area contributed by atoms with E-state index >= 15 is 0 Å². The van der Waals surface area contributed by atoms with Gasteiger partial charge in [0.1, 0.15) is 5.60 Å². The Morgan fingerprint density at radius 1 is 1.06 bits per heavy atom. The van der Waals surface area contributed by atoms with Gasteiger partial charge in [-0.15, -0.1) is 0 Å². The van der Waals surface area contributed by atoms with E-state index in [1.165, 1.54) is 34.9 Å². The van der Waals surface area contributed by atoms with E-state index in [0.717, 1.165) is 44.1 Å². The van der Waals surface area contributed by atoms with E-state index in [1.807, 2.05) is 30.3 Å². The molecule has 0 N–H and O–H groups in total. The number of carbonyl (C=O) groups is 1. The number of nitrogens with zero attached hydrogens (tertiary/aromatic N) is 3. The van der Waals surface area contributed by atoms with Gasteiger partial charge in [-0.25, -0.2) is 4.79 Å². The summed E-state index contributed by atoms with van der Waals surface area (Å²) in [5, 5.41) is 1.41. The van der Waals surface area contributed by atoms with E-state index < -0.39 is 0 Å². The summed E-state index contributed by atoms with van der Waals surface area (Å²) in [6, 6.07) is 17.4. The first-order chi connectivity index (χ1) is 17.4. The number of carbonyl (C=O) groups excluding carboxylic acids is 3. The molecule has 7 nitrogen and oxygen atoms in total. The van der Waals surface area contributed by atoms with Crippen molar-refractivity contribution in [2.24, 2.45) is 0 Å². The van der Waals surface area contributed by atoms with Crippen LogP contribution in [0.3, 0.4) is 0 Å². The summed E-state index contributed by atoms with van der Waals surface area (Å²) in [4.78, 5) is 33.2. The number of rotatable bonds is 5. The zero-order chi connectivity index (χ0) is 25.3. The van der Waals surface area contributed by atoms with E-state index in [4.69, 9.17) is 14.3 Å². The lowest BCUT2D eigenvalue weighted by atomic mass is 9.91. The first kappa shape index (κ1) is 24.3. The normalized spacial score (nSPS) is 19.3. The largest absolute Gasteiger partial charge is 0.441 e. The molecule has 3 fully saturated rings. The molecule has 0 unspecified atom stereocenters. The predicted octanol–water partition coefficient (Wildman–Crippen LogP) is 5.51. The van der Waals surface area contributed by atoms with Gasteiger partial charge in [0.05, 0.1) is 6.54 Å². The molecule has 6 rings (SSSR count). The summed E-state index contributed by atoms with van der Waals surface area (Å²) in [5.74, 6) is 0.768. The van der Waals surface area contributed by atoms with Crippen molar-refractivity contribution in [1.82, 2.24) is 9.47 Å². The molecule has 1 amide bonds. The summed E-state index contributed by atoms with van der Waals surface area (Å²) < 4.78 is 8.39. The Balaban J connectivity index is 0.000000848. The quantitative estimate of drug-likeness (QED) is 0.475. The molecule has 0 radical (unpaired) electrons. The molecule has 0 atom stereocenters. The van der Waals surface area contributed by atoms with Gasteiger partial charge in [-0.05, 0) is 68.0 Å². The van der Waals surface area contributed by atoms with Crippen molar-refractivity contribution in [3.63, 3.8) is 0 Å². The van der Waals surface area contributed by atoms with Gasteiger partial charge in [0, 0.05) is 61.3 Å². The summed E-state index contributed by atoms with van der Waals surface area (Å²) in [7, 11) is 0. The summed E-state index contributed by atoms with van der Waals surface area (Å²) in [5.41, 5.74) is 4.85. The van der Waals surface area contributed by atoms with Crippen LogP contribution in [0.15, 0.2) is 54.7 Å². The molecule has 1 spiro atoms. The highest BCUT2D eigenvalue weighted by Crippen LogP contribution is 2.42. The SMILES string of the molecule is CC(C)n1cc(CN2CCC3(CC2)CN(c2ccccc2)C(=O)O3)c2cc(C3CC3)ccc21.O=C=O. The number of para-hydroxylation sites is 1. The van der Waals surface area contributed by atoms with Gasteiger partial charge in [-0.1, -0.05) is 24.3 Å². The summed E-state index contributed by atoms with van der Waals surface area (Å²) in [6.07, 6.45) is 6.85. The molecule has 3 aromatic rings. The Labute approximate surface area is 211 Å². The lowest BCUT2D eigenvalue weighted by Crippen LogP contribution is -2.46. The number of likely N-dealkylation sites (tertiary alicyclic amines) is 1. The predicted molar refractivity (Wildman–Crippen MR) is 137 cm³/mol. The minimum Gasteiger partial charge on any atom is -0.441 e. The molecular formula is C29H33N3O4. The first-order valence-electron chi connectivity index (χ1n) is 12.8. The maximum absolute atomic E-state index is 12.6. The van der Waals surface area contributed by atoms with Gasteiger partial charge in [0.2, 0.25) is 0 Å². The smallest absolute Gasteiger partial charge is 0.415 e.